The second kappa shape index (κ2) is 2.44. The minimum Gasteiger partial charge on any atom is -0.406 e. The third kappa shape index (κ3) is 0.891. The van der Waals surface area contributed by atoms with E-state index in [1.807, 2.05) is 0 Å². The lowest BCUT2D eigenvalue weighted by Gasteiger charge is -2.12. The van der Waals surface area contributed by atoms with E-state index < -0.39 is 5.54 Å². The molecule has 1 aliphatic carbocycles. The summed E-state index contributed by atoms with van der Waals surface area (Å²) in [6.45, 7) is 3.52. The first-order valence-corrected chi connectivity index (χ1v) is 4.21. The highest BCUT2D eigenvalue weighted by Crippen LogP contribution is 2.37. The molecule has 0 unspecified atom stereocenters. The van der Waals surface area contributed by atoms with Gasteiger partial charge in [-0.15, -0.1) is 0 Å². The highest BCUT2D eigenvalue weighted by Gasteiger charge is 2.47. The van der Waals surface area contributed by atoms with Gasteiger partial charge in [-0.05, 0) is 18.9 Å². The van der Waals surface area contributed by atoms with E-state index in [1.165, 1.54) is 6.08 Å². The Morgan fingerprint density at radius 3 is 2.67 bits per heavy atom. The summed E-state index contributed by atoms with van der Waals surface area (Å²) in [5.41, 5.74) is -0.524. The summed E-state index contributed by atoms with van der Waals surface area (Å²) in [5.74, 6) is 0.205. The van der Waals surface area contributed by atoms with Crippen LogP contribution in [-0.2, 0) is 9.53 Å². The molecule has 0 atom stereocenters. The highest BCUT2D eigenvalue weighted by atomic mass is 16.6. The van der Waals surface area contributed by atoms with Crippen molar-refractivity contribution in [3.05, 3.63) is 12.7 Å². The number of hydrogen-bond donors (Lipinski definition) is 0. The van der Waals surface area contributed by atoms with Crippen LogP contribution >= 0.6 is 0 Å². The van der Waals surface area contributed by atoms with E-state index in [2.05, 4.69) is 11.6 Å². The van der Waals surface area contributed by atoms with Gasteiger partial charge in [-0.2, -0.15) is 0 Å². The first-order chi connectivity index (χ1) is 5.77. The van der Waals surface area contributed by atoms with E-state index in [0.717, 1.165) is 25.7 Å². The van der Waals surface area contributed by atoms with Crippen molar-refractivity contribution >= 4 is 11.9 Å². The molecule has 0 aromatic carbocycles. The van der Waals surface area contributed by atoms with Crippen molar-refractivity contribution in [2.45, 2.75) is 31.2 Å². The van der Waals surface area contributed by atoms with Crippen LogP contribution in [-0.4, -0.2) is 17.4 Å². The highest BCUT2D eigenvalue weighted by molar-refractivity contribution is 6.04. The quantitative estimate of drug-likeness (QED) is 0.551. The summed E-state index contributed by atoms with van der Waals surface area (Å²) in [5, 5.41) is 0. The van der Waals surface area contributed by atoms with Crippen LogP contribution in [0.2, 0.25) is 0 Å². The molecule has 3 heteroatoms. The summed E-state index contributed by atoms with van der Waals surface area (Å²) in [7, 11) is 0. The van der Waals surface area contributed by atoms with Gasteiger partial charge in [-0.25, -0.2) is 9.79 Å². The van der Waals surface area contributed by atoms with E-state index in [1.54, 1.807) is 0 Å². The Hall–Kier alpha value is -1.12. The predicted octanol–water partition coefficient (Wildman–Crippen LogP) is 1.44. The number of hydrogen-bond acceptors (Lipinski definition) is 3. The van der Waals surface area contributed by atoms with Crippen molar-refractivity contribution in [1.29, 1.82) is 0 Å². The standard InChI is InChI=1S/C9H11NO2/c1-2-7-10-9(8(11)12-7)5-3-4-6-9/h2H,1,3-6H2. The number of carbonyl (C=O) groups is 1. The molecule has 2 rings (SSSR count). The average molecular weight is 165 g/mol. The van der Waals surface area contributed by atoms with Gasteiger partial charge in [0.15, 0.2) is 5.54 Å². The van der Waals surface area contributed by atoms with E-state index in [-0.39, 0.29) is 5.97 Å². The molecule has 0 aromatic rings. The number of esters is 1. The zero-order valence-electron chi connectivity index (χ0n) is 6.88. The minimum absolute atomic E-state index is 0.185. The number of nitrogens with zero attached hydrogens (tertiary/aromatic N) is 1. The fourth-order valence-electron chi connectivity index (χ4n) is 1.83. The molecule has 2 aliphatic rings. The fraction of sp³-hybridized carbons (Fsp3) is 0.556. The number of carbonyl (C=O) groups excluding carboxylic acids is 1. The Labute approximate surface area is 71.1 Å². The first-order valence-electron chi connectivity index (χ1n) is 4.21. The molecule has 1 fully saturated rings. The summed E-state index contributed by atoms with van der Waals surface area (Å²) in [6.07, 6.45) is 5.31. The minimum atomic E-state index is -0.524. The maximum absolute atomic E-state index is 11.4. The van der Waals surface area contributed by atoms with Crippen LogP contribution in [0, 0.1) is 0 Å². The van der Waals surface area contributed by atoms with Crippen LogP contribution in [0.1, 0.15) is 25.7 Å². The Morgan fingerprint density at radius 2 is 2.17 bits per heavy atom. The van der Waals surface area contributed by atoms with Crippen LogP contribution in [0.3, 0.4) is 0 Å². The Balaban J connectivity index is 2.30. The van der Waals surface area contributed by atoms with Crippen molar-refractivity contribution in [3.8, 4) is 0 Å². The lowest BCUT2D eigenvalue weighted by molar-refractivity contribution is -0.138. The van der Waals surface area contributed by atoms with Gasteiger partial charge in [-0.1, -0.05) is 19.4 Å². The van der Waals surface area contributed by atoms with Gasteiger partial charge in [0.1, 0.15) is 0 Å². The van der Waals surface area contributed by atoms with E-state index >= 15 is 0 Å². The van der Waals surface area contributed by atoms with Crippen molar-refractivity contribution < 1.29 is 9.53 Å². The van der Waals surface area contributed by atoms with Gasteiger partial charge >= 0.3 is 5.97 Å². The molecule has 0 amide bonds. The molecule has 0 radical (unpaired) electrons. The topological polar surface area (TPSA) is 38.7 Å². The molecule has 0 aromatic heterocycles. The van der Waals surface area contributed by atoms with Gasteiger partial charge < -0.3 is 4.74 Å². The van der Waals surface area contributed by atoms with Gasteiger partial charge in [0.25, 0.3) is 0 Å². The zero-order valence-corrected chi connectivity index (χ0v) is 6.88. The molecule has 0 N–H and O–H groups in total. The lowest BCUT2D eigenvalue weighted by atomic mass is 10.00. The van der Waals surface area contributed by atoms with Crippen LogP contribution < -0.4 is 0 Å². The molecular formula is C9H11NO2. The molecule has 1 aliphatic heterocycles. The Kier molecular flexibility index (Phi) is 1.53. The number of cyclic esters (lactones) is 1. The van der Waals surface area contributed by atoms with Crippen LogP contribution in [0.4, 0.5) is 0 Å². The summed E-state index contributed by atoms with van der Waals surface area (Å²) >= 11 is 0. The average Bonchev–Trinajstić information content (AvgIpc) is 2.63. The van der Waals surface area contributed by atoms with Gasteiger partial charge in [0.2, 0.25) is 5.90 Å². The number of rotatable bonds is 1. The molecule has 0 saturated heterocycles. The normalized spacial score (nSPS) is 25.7. The molecule has 1 heterocycles. The van der Waals surface area contributed by atoms with Gasteiger partial charge in [-0.3, -0.25) is 0 Å². The van der Waals surface area contributed by atoms with E-state index in [0.29, 0.717) is 5.90 Å². The Bertz CT molecular complexity index is 262. The van der Waals surface area contributed by atoms with E-state index in [4.69, 9.17) is 4.74 Å². The maximum atomic E-state index is 11.4. The molecule has 3 nitrogen and oxygen atoms in total. The summed E-state index contributed by atoms with van der Waals surface area (Å²) < 4.78 is 4.94. The second-order valence-corrected chi connectivity index (χ2v) is 3.28. The maximum Gasteiger partial charge on any atom is 0.340 e. The predicted molar refractivity (Wildman–Crippen MR) is 44.9 cm³/mol. The zero-order chi connectivity index (χ0) is 8.60. The van der Waals surface area contributed by atoms with Crippen molar-refractivity contribution in [3.63, 3.8) is 0 Å². The van der Waals surface area contributed by atoms with E-state index in [9.17, 15) is 4.79 Å². The van der Waals surface area contributed by atoms with Crippen molar-refractivity contribution in [1.82, 2.24) is 0 Å². The molecular weight excluding hydrogens is 154 g/mol. The van der Waals surface area contributed by atoms with Gasteiger partial charge in [0.05, 0.1) is 0 Å². The van der Waals surface area contributed by atoms with Crippen molar-refractivity contribution in [2.75, 3.05) is 0 Å². The van der Waals surface area contributed by atoms with Crippen LogP contribution in [0.15, 0.2) is 17.6 Å². The summed E-state index contributed by atoms with van der Waals surface area (Å²) in [4.78, 5) is 15.6. The SMILES string of the molecule is C=CC1=NC2(CCCC2)C(=O)O1. The smallest absolute Gasteiger partial charge is 0.340 e. The number of aliphatic imine (C=N–C) groups is 1. The van der Waals surface area contributed by atoms with Gasteiger partial charge in [0, 0.05) is 0 Å². The monoisotopic (exact) mass is 165 g/mol. The molecule has 1 saturated carbocycles. The number of ether oxygens (including phenoxy) is 1. The van der Waals surface area contributed by atoms with Crippen molar-refractivity contribution in [2.24, 2.45) is 4.99 Å². The third-order valence-corrected chi connectivity index (χ3v) is 2.51. The second-order valence-electron chi connectivity index (χ2n) is 3.28. The molecule has 64 valence electrons. The molecule has 1 spiro atoms. The van der Waals surface area contributed by atoms with Crippen LogP contribution in [0.5, 0.6) is 0 Å². The third-order valence-electron chi connectivity index (χ3n) is 2.51. The first kappa shape index (κ1) is 7.53. The largest absolute Gasteiger partial charge is 0.406 e. The summed E-state index contributed by atoms with van der Waals surface area (Å²) in [6, 6.07) is 0. The molecule has 12 heavy (non-hydrogen) atoms. The molecule has 0 bridgehead atoms. The lowest BCUT2D eigenvalue weighted by Crippen LogP contribution is -2.29. The van der Waals surface area contributed by atoms with Crippen LogP contribution in [0.25, 0.3) is 0 Å². The fourth-order valence-corrected chi connectivity index (χ4v) is 1.83. The Morgan fingerprint density at radius 1 is 1.50 bits per heavy atom.